The van der Waals surface area contributed by atoms with Gasteiger partial charge in [-0.2, -0.15) is 0 Å². The summed E-state index contributed by atoms with van der Waals surface area (Å²) in [6.07, 6.45) is 2.71. The molecule has 8 heteroatoms. The largest absolute Gasteiger partial charge is 0.367 e. The van der Waals surface area contributed by atoms with E-state index in [1.165, 1.54) is 6.33 Å². The Labute approximate surface area is 137 Å². The summed E-state index contributed by atoms with van der Waals surface area (Å²) in [4.78, 5) is 11.7. The molecule has 1 aliphatic heterocycles. The molecular formula is C13H17IN4O2S. The number of H-pyrrole nitrogens is 1. The molecule has 0 spiro atoms. The first-order valence-electron chi connectivity index (χ1n) is 6.76. The number of anilines is 1. The molecule has 0 aliphatic carbocycles. The second-order valence-electron chi connectivity index (χ2n) is 6.01. The fourth-order valence-electron chi connectivity index (χ4n) is 2.74. The summed E-state index contributed by atoms with van der Waals surface area (Å²) in [5, 5.41) is 4.33. The van der Waals surface area contributed by atoms with Crippen molar-refractivity contribution in [2.45, 2.75) is 37.5 Å². The van der Waals surface area contributed by atoms with Gasteiger partial charge in [0.15, 0.2) is 9.84 Å². The lowest BCUT2D eigenvalue weighted by atomic mass is 10.00. The highest BCUT2D eigenvalue weighted by Gasteiger charge is 2.41. The fourth-order valence-corrected chi connectivity index (χ4v) is 4.90. The normalized spacial score (nSPS) is 24.0. The number of hydrogen-bond donors (Lipinski definition) is 2. The molecule has 2 aromatic heterocycles. The van der Waals surface area contributed by atoms with Crippen LogP contribution < -0.4 is 5.32 Å². The maximum absolute atomic E-state index is 12.1. The Morgan fingerprint density at radius 1 is 1.43 bits per heavy atom. The van der Waals surface area contributed by atoms with Crippen LogP contribution in [0.2, 0.25) is 0 Å². The Morgan fingerprint density at radius 3 is 2.90 bits per heavy atom. The number of fused-ring (bicyclic) bond motifs is 1. The first-order valence-corrected chi connectivity index (χ1v) is 9.50. The van der Waals surface area contributed by atoms with Gasteiger partial charge in [-0.3, -0.25) is 0 Å². The summed E-state index contributed by atoms with van der Waals surface area (Å²) in [5.41, 5.74) is 0.791. The first kappa shape index (κ1) is 15.0. The predicted molar refractivity (Wildman–Crippen MR) is 91.1 cm³/mol. The minimum atomic E-state index is -3.00. The first-order chi connectivity index (χ1) is 9.78. The average molecular weight is 420 g/mol. The summed E-state index contributed by atoms with van der Waals surface area (Å²) in [6.45, 7) is 3.59. The van der Waals surface area contributed by atoms with Crippen LogP contribution in [0.3, 0.4) is 0 Å². The van der Waals surface area contributed by atoms with Gasteiger partial charge in [-0.15, -0.1) is 0 Å². The molecule has 0 bridgehead atoms. The molecule has 1 atom stereocenters. The summed E-state index contributed by atoms with van der Waals surface area (Å²) in [6, 6.07) is 2.09. The molecule has 1 fully saturated rings. The number of halogens is 1. The molecule has 6 nitrogen and oxygen atoms in total. The Hall–Kier alpha value is -0.900. The van der Waals surface area contributed by atoms with Crippen molar-refractivity contribution in [1.29, 1.82) is 0 Å². The summed E-state index contributed by atoms with van der Waals surface area (Å²) < 4.78 is 24.4. The Kier molecular flexibility index (Phi) is 3.63. The van der Waals surface area contributed by atoms with E-state index in [0.717, 1.165) is 20.6 Å². The van der Waals surface area contributed by atoms with E-state index in [4.69, 9.17) is 0 Å². The molecule has 1 unspecified atom stereocenters. The molecule has 1 aliphatic rings. The monoisotopic (exact) mass is 420 g/mol. The summed E-state index contributed by atoms with van der Waals surface area (Å²) in [5.74, 6) is 0.982. The SMILES string of the molecule is CC1(C)CC(Nc2ncnc3[nH]c(I)cc23)CCS1(=O)=O. The molecule has 0 amide bonds. The molecule has 2 N–H and O–H groups in total. The van der Waals surface area contributed by atoms with Crippen molar-refractivity contribution in [3.05, 3.63) is 16.1 Å². The molecule has 0 aromatic carbocycles. The molecule has 0 saturated carbocycles. The lowest BCUT2D eigenvalue weighted by Gasteiger charge is -2.35. The van der Waals surface area contributed by atoms with Gasteiger partial charge in [-0.05, 0) is 55.3 Å². The second kappa shape index (κ2) is 5.08. The van der Waals surface area contributed by atoms with Gasteiger partial charge in [0.2, 0.25) is 0 Å². The number of aromatic nitrogens is 3. The predicted octanol–water partition coefficient (Wildman–Crippen LogP) is 2.33. The van der Waals surface area contributed by atoms with Crippen molar-refractivity contribution in [2.24, 2.45) is 0 Å². The van der Waals surface area contributed by atoms with Crippen molar-refractivity contribution < 1.29 is 8.42 Å². The molecule has 2 aromatic rings. The van der Waals surface area contributed by atoms with E-state index >= 15 is 0 Å². The third-order valence-corrected chi connectivity index (χ3v) is 7.25. The van der Waals surface area contributed by atoms with E-state index < -0.39 is 14.6 Å². The second-order valence-corrected chi connectivity index (χ2v) is 9.92. The van der Waals surface area contributed by atoms with Crippen molar-refractivity contribution in [1.82, 2.24) is 15.0 Å². The van der Waals surface area contributed by atoms with E-state index in [0.29, 0.717) is 12.8 Å². The van der Waals surface area contributed by atoms with E-state index in [2.05, 4.69) is 42.9 Å². The summed E-state index contributed by atoms with van der Waals surface area (Å²) >= 11 is 2.20. The van der Waals surface area contributed by atoms with Crippen molar-refractivity contribution in [3.8, 4) is 0 Å². The quantitative estimate of drug-likeness (QED) is 0.729. The van der Waals surface area contributed by atoms with Gasteiger partial charge in [0.1, 0.15) is 17.8 Å². The highest BCUT2D eigenvalue weighted by molar-refractivity contribution is 14.1. The van der Waals surface area contributed by atoms with Crippen LogP contribution in [-0.4, -0.2) is 39.9 Å². The zero-order valence-corrected chi connectivity index (χ0v) is 14.8. The molecule has 1 saturated heterocycles. The topological polar surface area (TPSA) is 87.7 Å². The van der Waals surface area contributed by atoms with E-state index in [1.807, 2.05) is 6.07 Å². The lowest BCUT2D eigenvalue weighted by Crippen LogP contribution is -2.45. The van der Waals surface area contributed by atoms with Crippen LogP contribution >= 0.6 is 22.6 Å². The van der Waals surface area contributed by atoms with Crippen molar-refractivity contribution >= 4 is 49.3 Å². The average Bonchev–Trinajstić information content (AvgIpc) is 2.75. The third kappa shape index (κ3) is 2.75. The standard InChI is InChI=1S/C13H17IN4O2S/c1-13(2)6-8(3-4-21(13,19)20)17-11-9-5-10(14)18-12(9)16-7-15-11/h5,7-8H,3-4,6H2,1-2H3,(H2,15,16,17,18). The Morgan fingerprint density at radius 2 is 2.19 bits per heavy atom. The number of hydrogen-bond acceptors (Lipinski definition) is 5. The molecular weight excluding hydrogens is 403 g/mol. The van der Waals surface area contributed by atoms with Gasteiger partial charge in [-0.25, -0.2) is 18.4 Å². The smallest absolute Gasteiger partial charge is 0.155 e. The summed E-state index contributed by atoms with van der Waals surface area (Å²) in [7, 11) is -3.00. The molecule has 0 radical (unpaired) electrons. The maximum Gasteiger partial charge on any atom is 0.155 e. The van der Waals surface area contributed by atoms with Crippen LogP contribution in [0.1, 0.15) is 26.7 Å². The number of rotatable bonds is 2. The Bertz CT molecular complexity index is 785. The van der Waals surface area contributed by atoms with Crippen LogP contribution in [0, 0.1) is 3.70 Å². The highest BCUT2D eigenvalue weighted by atomic mass is 127. The van der Waals surface area contributed by atoms with Crippen LogP contribution in [0.25, 0.3) is 11.0 Å². The number of nitrogens with one attached hydrogen (secondary N) is 2. The molecule has 3 heterocycles. The van der Waals surface area contributed by atoms with Crippen molar-refractivity contribution in [3.63, 3.8) is 0 Å². The highest BCUT2D eigenvalue weighted by Crippen LogP contribution is 2.32. The Balaban J connectivity index is 1.87. The van der Waals surface area contributed by atoms with E-state index in [9.17, 15) is 8.42 Å². The van der Waals surface area contributed by atoms with Crippen molar-refractivity contribution in [2.75, 3.05) is 11.1 Å². The van der Waals surface area contributed by atoms with Gasteiger partial charge >= 0.3 is 0 Å². The van der Waals surface area contributed by atoms with Crippen LogP contribution in [-0.2, 0) is 9.84 Å². The minimum Gasteiger partial charge on any atom is -0.367 e. The lowest BCUT2D eigenvalue weighted by molar-refractivity contribution is 0.462. The number of nitrogens with zero attached hydrogens (tertiary/aromatic N) is 2. The van der Waals surface area contributed by atoms with Gasteiger partial charge < -0.3 is 10.3 Å². The molecule has 3 rings (SSSR count). The van der Waals surface area contributed by atoms with E-state index in [-0.39, 0.29) is 11.8 Å². The third-order valence-electron chi connectivity index (χ3n) is 4.05. The van der Waals surface area contributed by atoms with Gasteiger partial charge in [-0.1, -0.05) is 0 Å². The van der Waals surface area contributed by atoms with Gasteiger partial charge in [0.25, 0.3) is 0 Å². The van der Waals surface area contributed by atoms with Crippen LogP contribution in [0.15, 0.2) is 12.4 Å². The minimum absolute atomic E-state index is 0.106. The van der Waals surface area contributed by atoms with Gasteiger partial charge in [0, 0.05) is 6.04 Å². The molecule has 21 heavy (non-hydrogen) atoms. The number of sulfone groups is 1. The number of aromatic amines is 1. The van der Waals surface area contributed by atoms with Crippen LogP contribution in [0.5, 0.6) is 0 Å². The maximum atomic E-state index is 12.1. The van der Waals surface area contributed by atoms with Crippen LogP contribution in [0.4, 0.5) is 5.82 Å². The fraction of sp³-hybridized carbons (Fsp3) is 0.538. The molecule has 114 valence electrons. The van der Waals surface area contributed by atoms with E-state index in [1.54, 1.807) is 13.8 Å². The zero-order chi connectivity index (χ0) is 15.3. The zero-order valence-electron chi connectivity index (χ0n) is 11.9. The van der Waals surface area contributed by atoms with Gasteiger partial charge in [0.05, 0.1) is 19.6 Å².